The van der Waals surface area contributed by atoms with Crippen molar-refractivity contribution in [3.63, 3.8) is 0 Å². The third-order valence-corrected chi connectivity index (χ3v) is 3.95. The first-order chi connectivity index (χ1) is 9.08. The van der Waals surface area contributed by atoms with Crippen molar-refractivity contribution >= 4 is 28.3 Å². The average Bonchev–Trinajstić information content (AvgIpc) is 2.70. The van der Waals surface area contributed by atoms with Gasteiger partial charge in [-0.2, -0.15) is 0 Å². The normalized spacial score (nSPS) is 17.0. The highest BCUT2D eigenvalue weighted by molar-refractivity contribution is 7.14. The number of thiophene rings is 1. The number of nitrogens with one attached hydrogen (secondary N) is 1. The Bertz CT molecular complexity index is 475. The van der Waals surface area contributed by atoms with Gasteiger partial charge in [-0.1, -0.05) is 0 Å². The molecular formula is C12H17N3O3S. The van der Waals surface area contributed by atoms with Gasteiger partial charge in [0.05, 0.1) is 5.56 Å². The van der Waals surface area contributed by atoms with Gasteiger partial charge in [-0.25, -0.2) is 9.59 Å². The van der Waals surface area contributed by atoms with Crippen molar-refractivity contribution in [1.82, 2.24) is 9.80 Å². The number of nitrogens with zero attached hydrogens (tertiary/aromatic N) is 2. The number of anilines is 1. The second kappa shape index (κ2) is 6.03. The number of hydrogen-bond donors (Lipinski definition) is 2. The average molecular weight is 283 g/mol. The van der Waals surface area contributed by atoms with E-state index in [0.29, 0.717) is 18.1 Å². The minimum Gasteiger partial charge on any atom is -0.478 e. The molecule has 7 heteroatoms. The maximum absolute atomic E-state index is 12.1. The van der Waals surface area contributed by atoms with Crippen LogP contribution in [0.1, 0.15) is 16.8 Å². The number of hydrogen-bond acceptors (Lipinski definition) is 4. The molecule has 2 N–H and O–H groups in total. The van der Waals surface area contributed by atoms with E-state index in [-0.39, 0.29) is 11.6 Å². The minimum absolute atomic E-state index is 0.144. The number of carbonyl (C=O) groups excluding carboxylic acids is 1. The first-order valence-electron chi connectivity index (χ1n) is 6.13. The Morgan fingerprint density at radius 3 is 2.84 bits per heavy atom. The maximum atomic E-state index is 12.1. The van der Waals surface area contributed by atoms with Crippen LogP contribution in [0.2, 0.25) is 0 Å². The zero-order valence-corrected chi connectivity index (χ0v) is 11.6. The van der Waals surface area contributed by atoms with Crippen molar-refractivity contribution < 1.29 is 14.7 Å². The van der Waals surface area contributed by atoms with E-state index >= 15 is 0 Å². The molecule has 19 heavy (non-hydrogen) atoms. The second-order valence-corrected chi connectivity index (χ2v) is 5.46. The van der Waals surface area contributed by atoms with Gasteiger partial charge >= 0.3 is 12.0 Å². The number of amides is 2. The van der Waals surface area contributed by atoms with E-state index in [9.17, 15) is 9.59 Å². The Labute approximate surface area is 115 Å². The van der Waals surface area contributed by atoms with Gasteiger partial charge in [-0.15, -0.1) is 11.3 Å². The van der Waals surface area contributed by atoms with Crippen LogP contribution in [0.3, 0.4) is 0 Å². The molecule has 104 valence electrons. The Morgan fingerprint density at radius 2 is 2.11 bits per heavy atom. The first kappa shape index (κ1) is 13.8. The molecule has 0 unspecified atom stereocenters. The monoisotopic (exact) mass is 283 g/mol. The molecule has 2 heterocycles. The second-order valence-electron chi connectivity index (χ2n) is 4.54. The molecule has 0 aromatic carbocycles. The highest BCUT2D eigenvalue weighted by atomic mass is 32.1. The number of carboxylic acid groups (broad SMARTS) is 1. The van der Waals surface area contributed by atoms with Gasteiger partial charge in [-0.05, 0) is 31.5 Å². The lowest BCUT2D eigenvalue weighted by atomic mass is 10.3. The highest BCUT2D eigenvalue weighted by Gasteiger charge is 2.20. The van der Waals surface area contributed by atoms with Crippen LogP contribution < -0.4 is 5.32 Å². The van der Waals surface area contributed by atoms with Crippen molar-refractivity contribution in [3.8, 4) is 0 Å². The summed E-state index contributed by atoms with van der Waals surface area (Å²) in [6, 6.07) is 1.28. The van der Waals surface area contributed by atoms with Crippen molar-refractivity contribution in [1.29, 1.82) is 0 Å². The smallest absolute Gasteiger partial charge is 0.338 e. The summed E-state index contributed by atoms with van der Waals surface area (Å²) in [7, 11) is 2.03. The predicted octanol–water partition coefficient (Wildman–Crippen LogP) is 1.62. The molecule has 0 aliphatic carbocycles. The molecule has 1 fully saturated rings. The number of urea groups is 1. The first-order valence-corrected chi connectivity index (χ1v) is 7.01. The van der Waals surface area contributed by atoms with Crippen LogP contribution in [0.25, 0.3) is 0 Å². The van der Waals surface area contributed by atoms with Crippen molar-refractivity contribution in [3.05, 3.63) is 17.0 Å². The summed E-state index contributed by atoms with van der Waals surface area (Å²) >= 11 is 1.23. The largest absolute Gasteiger partial charge is 0.478 e. The molecule has 0 spiro atoms. The Morgan fingerprint density at radius 1 is 1.32 bits per heavy atom. The van der Waals surface area contributed by atoms with Crippen LogP contribution in [0.15, 0.2) is 11.4 Å². The van der Waals surface area contributed by atoms with Gasteiger partial charge in [-0.3, -0.25) is 5.32 Å². The molecule has 0 saturated carbocycles. The lowest BCUT2D eigenvalue weighted by Gasteiger charge is -2.20. The van der Waals surface area contributed by atoms with E-state index in [4.69, 9.17) is 5.11 Å². The van der Waals surface area contributed by atoms with Crippen LogP contribution >= 0.6 is 11.3 Å². The molecule has 1 aromatic rings. The Balaban J connectivity index is 2.00. The summed E-state index contributed by atoms with van der Waals surface area (Å²) in [4.78, 5) is 27.0. The molecule has 0 bridgehead atoms. The van der Waals surface area contributed by atoms with E-state index in [1.165, 1.54) is 17.4 Å². The summed E-state index contributed by atoms with van der Waals surface area (Å²) in [5.41, 5.74) is 0.144. The SMILES string of the molecule is CN1CCCN(C(=O)Nc2sccc2C(=O)O)CC1. The molecule has 1 saturated heterocycles. The topological polar surface area (TPSA) is 72.9 Å². The zero-order valence-electron chi connectivity index (χ0n) is 10.8. The third kappa shape index (κ3) is 3.45. The summed E-state index contributed by atoms with van der Waals surface area (Å²) < 4.78 is 0. The molecular weight excluding hydrogens is 266 g/mol. The van der Waals surface area contributed by atoms with E-state index in [1.54, 1.807) is 10.3 Å². The maximum Gasteiger partial charge on any atom is 0.338 e. The van der Waals surface area contributed by atoms with Gasteiger partial charge < -0.3 is 14.9 Å². The summed E-state index contributed by atoms with van der Waals surface area (Å²) in [6.45, 7) is 3.17. The van der Waals surface area contributed by atoms with Crippen LogP contribution in [-0.4, -0.2) is 60.1 Å². The fraction of sp³-hybridized carbons (Fsp3) is 0.500. The predicted molar refractivity (Wildman–Crippen MR) is 74.0 cm³/mol. The molecule has 6 nitrogen and oxygen atoms in total. The quantitative estimate of drug-likeness (QED) is 0.865. The lowest BCUT2D eigenvalue weighted by Crippen LogP contribution is -2.37. The van der Waals surface area contributed by atoms with Crippen LogP contribution in [-0.2, 0) is 0 Å². The molecule has 0 atom stereocenters. The number of likely N-dealkylation sites (N-methyl/N-ethyl adjacent to an activating group) is 1. The zero-order chi connectivity index (χ0) is 13.8. The number of carbonyl (C=O) groups is 2. The van der Waals surface area contributed by atoms with Gasteiger partial charge in [0.15, 0.2) is 0 Å². The molecule has 1 aliphatic rings. The van der Waals surface area contributed by atoms with Gasteiger partial charge in [0.2, 0.25) is 0 Å². The fourth-order valence-electron chi connectivity index (χ4n) is 2.00. The van der Waals surface area contributed by atoms with Crippen molar-refractivity contribution in [2.75, 3.05) is 38.5 Å². The molecule has 2 rings (SSSR count). The fourth-order valence-corrected chi connectivity index (χ4v) is 2.77. The van der Waals surface area contributed by atoms with E-state index < -0.39 is 5.97 Å². The van der Waals surface area contributed by atoms with Crippen molar-refractivity contribution in [2.24, 2.45) is 0 Å². The van der Waals surface area contributed by atoms with Crippen molar-refractivity contribution in [2.45, 2.75) is 6.42 Å². The number of rotatable bonds is 2. The Hall–Kier alpha value is -1.60. The van der Waals surface area contributed by atoms with Crippen LogP contribution in [0.4, 0.5) is 9.80 Å². The molecule has 1 aliphatic heterocycles. The van der Waals surface area contributed by atoms with E-state index in [1.807, 2.05) is 7.05 Å². The van der Waals surface area contributed by atoms with Crippen LogP contribution in [0.5, 0.6) is 0 Å². The Kier molecular flexibility index (Phi) is 4.39. The number of carboxylic acids is 1. The third-order valence-electron chi connectivity index (χ3n) is 3.12. The molecule has 0 radical (unpaired) electrons. The van der Waals surface area contributed by atoms with Gasteiger partial charge in [0.25, 0.3) is 0 Å². The minimum atomic E-state index is -1.02. The molecule has 2 amide bonds. The van der Waals surface area contributed by atoms with E-state index in [2.05, 4.69) is 10.2 Å². The van der Waals surface area contributed by atoms with E-state index in [0.717, 1.165) is 19.5 Å². The summed E-state index contributed by atoms with van der Waals surface area (Å²) in [6.07, 6.45) is 0.931. The lowest BCUT2D eigenvalue weighted by molar-refractivity contribution is 0.0698. The van der Waals surface area contributed by atoms with Gasteiger partial charge in [0.1, 0.15) is 5.00 Å². The summed E-state index contributed by atoms with van der Waals surface area (Å²) in [5.74, 6) is -1.02. The summed E-state index contributed by atoms with van der Waals surface area (Å²) in [5, 5.41) is 13.7. The standard InChI is InChI=1S/C12H17N3O3S/c1-14-4-2-5-15(7-6-14)12(18)13-10-9(11(16)17)3-8-19-10/h3,8H,2,4-7H2,1H3,(H,13,18)(H,16,17). The highest BCUT2D eigenvalue weighted by Crippen LogP contribution is 2.23. The molecule has 1 aromatic heterocycles. The number of aromatic carboxylic acids is 1. The van der Waals surface area contributed by atoms with Crippen LogP contribution in [0, 0.1) is 0 Å². The van der Waals surface area contributed by atoms with Gasteiger partial charge in [0, 0.05) is 19.6 Å².